The highest BCUT2D eigenvalue weighted by molar-refractivity contribution is 6.05. The number of carbonyl (C=O) groups is 4. The molecule has 7 nitrogen and oxygen atoms in total. The molecule has 1 N–H and O–H groups in total. The Bertz CT molecular complexity index is 841. The fraction of sp³-hybridized carbons (Fsp3) is 0.520. The number of rotatable bonds is 10. The zero-order valence-electron chi connectivity index (χ0n) is 19.0. The van der Waals surface area contributed by atoms with Crippen LogP contribution in [-0.2, 0) is 25.7 Å². The van der Waals surface area contributed by atoms with Crippen molar-refractivity contribution in [2.45, 2.75) is 58.5 Å². The Morgan fingerprint density at radius 2 is 1.69 bits per heavy atom. The molecule has 1 aliphatic carbocycles. The molecule has 1 fully saturated rings. The van der Waals surface area contributed by atoms with Gasteiger partial charge in [-0.15, -0.1) is 0 Å². The minimum atomic E-state index is -0.606. The lowest BCUT2D eigenvalue weighted by molar-refractivity contribution is -0.144. The Hall–Kier alpha value is -2.96. The molecule has 0 bridgehead atoms. The van der Waals surface area contributed by atoms with Gasteiger partial charge in [-0.3, -0.25) is 24.1 Å². The van der Waals surface area contributed by atoms with Crippen LogP contribution in [-0.4, -0.2) is 52.6 Å². The lowest BCUT2D eigenvalue weighted by Gasteiger charge is -2.31. The molecule has 3 rings (SSSR count). The summed E-state index contributed by atoms with van der Waals surface area (Å²) in [5, 5.41) is 2.89. The van der Waals surface area contributed by atoms with Crippen molar-refractivity contribution in [2.75, 3.05) is 13.1 Å². The monoisotopic (exact) mass is 439 g/mol. The number of hydrogen-bond acceptors (Lipinski definition) is 4. The number of nitrogens with one attached hydrogen (secondary N) is 1. The van der Waals surface area contributed by atoms with E-state index in [9.17, 15) is 19.2 Å². The van der Waals surface area contributed by atoms with Crippen LogP contribution >= 0.6 is 0 Å². The van der Waals surface area contributed by atoms with Crippen molar-refractivity contribution in [3.8, 4) is 0 Å². The van der Waals surface area contributed by atoms with Crippen molar-refractivity contribution < 1.29 is 19.2 Å². The highest BCUT2D eigenvalue weighted by Gasteiger charge is 2.47. The van der Waals surface area contributed by atoms with Gasteiger partial charge in [-0.05, 0) is 31.2 Å². The topological polar surface area (TPSA) is 86.8 Å². The van der Waals surface area contributed by atoms with Crippen molar-refractivity contribution >= 4 is 23.6 Å². The van der Waals surface area contributed by atoms with Crippen LogP contribution in [0, 0.1) is 11.8 Å². The van der Waals surface area contributed by atoms with Crippen LogP contribution in [0.2, 0.25) is 0 Å². The number of imide groups is 1. The fourth-order valence-electron chi connectivity index (χ4n) is 4.51. The normalized spacial score (nSPS) is 20.8. The smallest absolute Gasteiger partial charge is 0.242 e. The van der Waals surface area contributed by atoms with Gasteiger partial charge in [0.15, 0.2) is 0 Å². The molecule has 0 aromatic heterocycles. The van der Waals surface area contributed by atoms with Crippen molar-refractivity contribution in [3.05, 3.63) is 48.0 Å². The van der Waals surface area contributed by atoms with Crippen molar-refractivity contribution in [2.24, 2.45) is 11.8 Å². The maximum absolute atomic E-state index is 13.3. The minimum Gasteiger partial charge on any atom is -0.354 e. The van der Waals surface area contributed by atoms with Crippen molar-refractivity contribution in [3.63, 3.8) is 0 Å². The van der Waals surface area contributed by atoms with Gasteiger partial charge < -0.3 is 10.2 Å². The summed E-state index contributed by atoms with van der Waals surface area (Å²) in [5.74, 6) is -1.37. The summed E-state index contributed by atoms with van der Waals surface area (Å²) in [6.45, 7) is 4.77. The van der Waals surface area contributed by atoms with E-state index in [0.717, 1.165) is 12.0 Å². The molecular formula is C25H33N3O4. The molecule has 0 unspecified atom stereocenters. The maximum Gasteiger partial charge on any atom is 0.242 e. The summed E-state index contributed by atoms with van der Waals surface area (Å²) in [6.07, 6.45) is 6.35. The largest absolute Gasteiger partial charge is 0.354 e. The Morgan fingerprint density at radius 1 is 1.06 bits per heavy atom. The number of fused-ring (bicyclic) bond motifs is 1. The average molecular weight is 440 g/mol. The Morgan fingerprint density at radius 3 is 2.25 bits per heavy atom. The van der Waals surface area contributed by atoms with Crippen LogP contribution in [0.25, 0.3) is 0 Å². The van der Waals surface area contributed by atoms with Crippen LogP contribution in [0.5, 0.6) is 0 Å². The molecule has 1 saturated heterocycles. The number of benzene rings is 1. The highest BCUT2D eigenvalue weighted by atomic mass is 16.2. The van der Waals surface area contributed by atoms with Gasteiger partial charge in [0, 0.05) is 26.1 Å². The van der Waals surface area contributed by atoms with Crippen LogP contribution < -0.4 is 5.32 Å². The molecule has 1 heterocycles. The highest BCUT2D eigenvalue weighted by Crippen LogP contribution is 2.35. The first-order chi connectivity index (χ1) is 15.5. The van der Waals surface area contributed by atoms with Gasteiger partial charge in [0.05, 0.1) is 11.8 Å². The molecule has 7 heteroatoms. The van der Waals surface area contributed by atoms with Gasteiger partial charge in [-0.1, -0.05) is 56.3 Å². The molecule has 3 atom stereocenters. The predicted octanol–water partition coefficient (Wildman–Crippen LogP) is 2.66. The summed E-state index contributed by atoms with van der Waals surface area (Å²) in [5.41, 5.74) is 0.924. The van der Waals surface area contributed by atoms with E-state index in [1.165, 1.54) is 4.90 Å². The van der Waals surface area contributed by atoms with E-state index in [0.29, 0.717) is 32.4 Å². The SMILES string of the molecule is CCCNC(=O)[C@@H](CC)N(Cc1ccccc1)C(=O)CCN1C(=O)[C@H]2CC=CC[C@H]2C1=O. The third-order valence-electron chi connectivity index (χ3n) is 6.28. The van der Waals surface area contributed by atoms with E-state index in [4.69, 9.17) is 0 Å². The molecular weight excluding hydrogens is 406 g/mol. The second-order valence-electron chi connectivity index (χ2n) is 8.46. The first kappa shape index (κ1) is 23.7. The first-order valence-corrected chi connectivity index (χ1v) is 11.6. The lowest BCUT2D eigenvalue weighted by atomic mass is 9.85. The predicted molar refractivity (Wildman–Crippen MR) is 121 cm³/mol. The van der Waals surface area contributed by atoms with Gasteiger partial charge in [0.2, 0.25) is 23.6 Å². The zero-order chi connectivity index (χ0) is 23.1. The molecule has 32 heavy (non-hydrogen) atoms. The Balaban J connectivity index is 1.72. The summed E-state index contributed by atoms with van der Waals surface area (Å²) in [7, 11) is 0. The molecule has 2 aliphatic rings. The van der Waals surface area contributed by atoms with E-state index < -0.39 is 6.04 Å². The zero-order valence-corrected chi connectivity index (χ0v) is 19.0. The molecule has 4 amide bonds. The van der Waals surface area contributed by atoms with Gasteiger partial charge >= 0.3 is 0 Å². The van der Waals surface area contributed by atoms with Crippen LogP contribution in [0.15, 0.2) is 42.5 Å². The van der Waals surface area contributed by atoms with Gasteiger partial charge in [-0.2, -0.15) is 0 Å². The van der Waals surface area contributed by atoms with E-state index in [-0.39, 0.29) is 48.4 Å². The molecule has 1 aliphatic heterocycles. The summed E-state index contributed by atoms with van der Waals surface area (Å²) in [6, 6.07) is 8.93. The second-order valence-corrected chi connectivity index (χ2v) is 8.46. The first-order valence-electron chi connectivity index (χ1n) is 11.6. The van der Waals surface area contributed by atoms with E-state index in [1.54, 1.807) is 4.90 Å². The molecule has 0 spiro atoms. The molecule has 172 valence electrons. The van der Waals surface area contributed by atoms with Crippen LogP contribution in [0.4, 0.5) is 0 Å². The third-order valence-corrected chi connectivity index (χ3v) is 6.28. The fourth-order valence-corrected chi connectivity index (χ4v) is 4.51. The van der Waals surface area contributed by atoms with Gasteiger partial charge in [-0.25, -0.2) is 0 Å². The second kappa shape index (κ2) is 11.1. The molecule has 0 saturated carbocycles. The van der Waals surface area contributed by atoms with Gasteiger partial charge in [0.25, 0.3) is 0 Å². The minimum absolute atomic E-state index is 0.00867. The summed E-state index contributed by atoms with van der Waals surface area (Å²) in [4.78, 5) is 54.3. The van der Waals surface area contributed by atoms with Crippen molar-refractivity contribution in [1.29, 1.82) is 0 Å². The van der Waals surface area contributed by atoms with E-state index in [2.05, 4.69) is 5.32 Å². The lowest BCUT2D eigenvalue weighted by Crippen LogP contribution is -2.49. The number of nitrogens with zero attached hydrogens (tertiary/aromatic N) is 2. The maximum atomic E-state index is 13.3. The van der Waals surface area contributed by atoms with Crippen LogP contribution in [0.1, 0.15) is 51.5 Å². The quantitative estimate of drug-likeness (QED) is 0.449. The van der Waals surface area contributed by atoms with Gasteiger partial charge in [0.1, 0.15) is 6.04 Å². The van der Waals surface area contributed by atoms with E-state index >= 15 is 0 Å². The molecule has 0 radical (unpaired) electrons. The number of amides is 4. The number of carbonyl (C=O) groups excluding carboxylic acids is 4. The number of hydrogen-bond donors (Lipinski definition) is 1. The third kappa shape index (κ3) is 5.26. The average Bonchev–Trinajstić information content (AvgIpc) is 3.06. The van der Waals surface area contributed by atoms with Crippen molar-refractivity contribution in [1.82, 2.24) is 15.1 Å². The number of allylic oxidation sites excluding steroid dienone is 2. The molecule has 1 aromatic carbocycles. The van der Waals surface area contributed by atoms with Crippen LogP contribution in [0.3, 0.4) is 0 Å². The summed E-state index contributed by atoms with van der Waals surface area (Å²) >= 11 is 0. The number of likely N-dealkylation sites (tertiary alicyclic amines) is 1. The Labute approximate surface area is 189 Å². The summed E-state index contributed by atoms with van der Waals surface area (Å²) < 4.78 is 0. The Kier molecular flexibility index (Phi) is 8.20. The molecule has 1 aromatic rings. The van der Waals surface area contributed by atoms with E-state index in [1.807, 2.05) is 56.3 Å². The standard InChI is InChI=1S/C25H33N3O4/c1-3-15-26-23(30)21(4-2)28(17-18-10-6-5-7-11-18)22(29)14-16-27-24(31)19-12-8-9-13-20(19)25(27)32/h5-11,19-21H,3-4,12-17H2,1-2H3,(H,26,30)/t19-,20+,21-/m1/s1.